The van der Waals surface area contributed by atoms with Gasteiger partial charge in [0, 0.05) is 9.92 Å². The molecule has 0 fully saturated rings. The van der Waals surface area contributed by atoms with Crippen molar-refractivity contribution in [2.24, 2.45) is 0 Å². The molecule has 19 heavy (non-hydrogen) atoms. The Morgan fingerprint density at radius 2 is 2.00 bits per heavy atom. The van der Waals surface area contributed by atoms with Gasteiger partial charge in [-0.15, -0.1) is 11.8 Å². The highest BCUT2D eigenvalue weighted by Gasteiger charge is 2.12. The fraction of sp³-hybridized carbons (Fsp3) is 0.0714. The van der Waals surface area contributed by atoms with E-state index in [1.807, 2.05) is 18.4 Å². The first-order valence-electron chi connectivity index (χ1n) is 5.54. The highest BCUT2D eigenvalue weighted by Crippen LogP contribution is 2.28. The lowest BCUT2D eigenvalue weighted by molar-refractivity contribution is 0.102. The van der Waals surface area contributed by atoms with E-state index in [0.717, 1.165) is 4.90 Å². The second-order valence-corrected chi connectivity index (χ2v) is 5.10. The summed E-state index contributed by atoms with van der Waals surface area (Å²) >= 11 is 7.33. The van der Waals surface area contributed by atoms with Crippen molar-refractivity contribution in [3.63, 3.8) is 0 Å². The molecule has 2 aromatic carbocycles. The number of carbonyl (C=O) groups excluding carboxylic acids is 1. The average molecular weight is 294 g/mol. The number of thioether (sulfide) groups is 1. The number of hydrogen-bond donors (Lipinski definition) is 2. The lowest BCUT2D eigenvalue weighted by atomic mass is 10.2. The number of nitrogens with one attached hydrogen (secondary N) is 1. The summed E-state index contributed by atoms with van der Waals surface area (Å²) in [6.07, 6.45) is 1.91. The van der Waals surface area contributed by atoms with Gasteiger partial charge in [0.1, 0.15) is 5.75 Å². The highest BCUT2D eigenvalue weighted by molar-refractivity contribution is 7.98. The maximum Gasteiger partial charge on any atom is 0.256 e. The molecule has 0 saturated carbocycles. The van der Waals surface area contributed by atoms with Gasteiger partial charge in [-0.3, -0.25) is 4.79 Å². The predicted molar refractivity (Wildman–Crippen MR) is 79.3 cm³/mol. The van der Waals surface area contributed by atoms with E-state index < -0.39 is 0 Å². The van der Waals surface area contributed by atoms with Crippen molar-refractivity contribution in [2.75, 3.05) is 11.6 Å². The molecule has 98 valence electrons. The number of phenols is 1. The minimum Gasteiger partial charge on any atom is -0.506 e. The third kappa shape index (κ3) is 3.22. The van der Waals surface area contributed by atoms with Crippen molar-refractivity contribution in [2.45, 2.75) is 4.90 Å². The molecule has 0 aliphatic heterocycles. The van der Waals surface area contributed by atoms with Crippen LogP contribution in [0.3, 0.4) is 0 Å². The molecular formula is C14H12ClNO2S. The van der Waals surface area contributed by atoms with Gasteiger partial charge in [-0.25, -0.2) is 0 Å². The number of rotatable bonds is 3. The maximum atomic E-state index is 12.2. The summed E-state index contributed by atoms with van der Waals surface area (Å²) in [5, 5.41) is 12.8. The molecule has 2 aromatic rings. The van der Waals surface area contributed by atoms with Gasteiger partial charge in [0.05, 0.1) is 11.3 Å². The van der Waals surface area contributed by atoms with Crippen molar-refractivity contribution in [1.82, 2.24) is 0 Å². The van der Waals surface area contributed by atoms with E-state index in [-0.39, 0.29) is 11.7 Å². The van der Waals surface area contributed by atoms with Gasteiger partial charge in [0.2, 0.25) is 0 Å². The first-order chi connectivity index (χ1) is 9.11. The van der Waals surface area contributed by atoms with Crippen LogP contribution in [-0.2, 0) is 0 Å². The van der Waals surface area contributed by atoms with E-state index in [9.17, 15) is 9.90 Å². The number of carbonyl (C=O) groups is 1. The second-order valence-electron chi connectivity index (χ2n) is 3.82. The van der Waals surface area contributed by atoms with Crippen LogP contribution < -0.4 is 5.32 Å². The second kappa shape index (κ2) is 5.99. The predicted octanol–water partition coefficient (Wildman–Crippen LogP) is 4.02. The Balaban J connectivity index is 2.28. The van der Waals surface area contributed by atoms with Crippen LogP contribution >= 0.6 is 23.4 Å². The van der Waals surface area contributed by atoms with Crippen LogP contribution in [0.15, 0.2) is 47.4 Å². The molecule has 5 heteroatoms. The van der Waals surface area contributed by atoms with Crippen molar-refractivity contribution in [3.8, 4) is 5.75 Å². The molecule has 0 aliphatic carbocycles. The fourth-order valence-corrected chi connectivity index (χ4v) is 2.40. The molecular weight excluding hydrogens is 282 g/mol. The topological polar surface area (TPSA) is 49.3 Å². The molecule has 0 radical (unpaired) electrons. The summed E-state index contributed by atoms with van der Waals surface area (Å²) in [6, 6.07) is 11.8. The Labute approximate surface area is 120 Å². The van der Waals surface area contributed by atoms with Gasteiger partial charge in [0.25, 0.3) is 5.91 Å². The third-order valence-electron chi connectivity index (χ3n) is 2.56. The lowest BCUT2D eigenvalue weighted by Crippen LogP contribution is -2.13. The quantitative estimate of drug-likeness (QED) is 0.664. The summed E-state index contributed by atoms with van der Waals surface area (Å²) in [6.45, 7) is 0. The van der Waals surface area contributed by atoms with Crippen LogP contribution in [0.1, 0.15) is 10.4 Å². The van der Waals surface area contributed by atoms with E-state index in [2.05, 4.69) is 5.32 Å². The Morgan fingerprint density at radius 3 is 2.74 bits per heavy atom. The van der Waals surface area contributed by atoms with E-state index in [1.165, 1.54) is 23.9 Å². The molecule has 0 heterocycles. The number of anilines is 1. The van der Waals surface area contributed by atoms with Crippen LogP contribution in [0.25, 0.3) is 0 Å². The van der Waals surface area contributed by atoms with Gasteiger partial charge in [-0.1, -0.05) is 23.7 Å². The first-order valence-corrected chi connectivity index (χ1v) is 7.15. The lowest BCUT2D eigenvalue weighted by Gasteiger charge is -2.10. The number of halogens is 1. The van der Waals surface area contributed by atoms with Gasteiger partial charge in [-0.05, 0) is 36.6 Å². The van der Waals surface area contributed by atoms with Gasteiger partial charge in [-0.2, -0.15) is 0 Å². The number of aromatic hydroxyl groups is 1. The molecule has 2 rings (SSSR count). The standard InChI is InChI=1S/C14H12ClNO2S/c1-19-13-5-3-2-4-10(13)14(18)16-11-8-9(15)6-7-12(11)17/h2-8,17H,1H3,(H,16,18). The molecule has 0 spiro atoms. The number of hydrogen-bond acceptors (Lipinski definition) is 3. The maximum absolute atomic E-state index is 12.2. The van der Waals surface area contributed by atoms with E-state index in [4.69, 9.17) is 11.6 Å². The summed E-state index contributed by atoms with van der Waals surface area (Å²) in [7, 11) is 0. The Bertz CT molecular complexity index is 616. The zero-order chi connectivity index (χ0) is 13.8. The van der Waals surface area contributed by atoms with Gasteiger partial charge in [0.15, 0.2) is 0 Å². The van der Waals surface area contributed by atoms with Crippen LogP contribution in [0.2, 0.25) is 5.02 Å². The Kier molecular flexibility index (Phi) is 4.35. The summed E-state index contributed by atoms with van der Waals surface area (Å²) in [4.78, 5) is 13.1. The zero-order valence-electron chi connectivity index (χ0n) is 10.2. The molecule has 2 N–H and O–H groups in total. The van der Waals surface area contributed by atoms with Crippen LogP contribution in [0, 0.1) is 0 Å². The van der Waals surface area contributed by atoms with Crippen LogP contribution in [0.4, 0.5) is 5.69 Å². The van der Waals surface area contributed by atoms with Crippen LogP contribution in [0.5, 0.6) is 5.75 Å². The number of phenolic OH excluding ortho intramolecular Hbond substituents is 1. The fourth-order valence-electron chi connectivity index (χ4n) is 1.63. The molecule has 0 atom stereocenters. The third-order valence-corrected chi connectivity index (χ3v) is 3.59. The monoisotopic (exact) mass is 293 g/mol. The molecule has 1 amide bonds. The minimum absolute atomic E-state index is 0.0145. The molecule has 0 unspecified atom stereocenters. The molecule has 0 aromatic heterocycles. The van der Waals surface area contributed by atoms with E-state index in [1.54, 1.807) is 18.2 Å². The van der Waals surface area contributed by atoms with Crippen molar-refractivity contribution in [1.29, 1.82) is 0 Å². The summed E-state index contributed by atoms with van der Waals surface area (Å²) in [5.74, 6) is -0.290. The number of amides is 1. The zero-order valence-corrected chi connectivity index (χ0v) is 11.8. The Hall–Kier alpha value is -1.65. The molecule has 0 aliphatic rings. The number of benzene rings is 2. The van der Waals surface area contributed by atoms with E-state index in [0.29, 0.717) is 16.3 Å². The normalized spacial score (nSPS) is 10.2. The van der Waals surface area contributed by atoms with E-state index >= 15 is 0 Å². The average Bonchev–Trinajstić information content (AvgIpc) is 2.42. The highest BCUT2D eigenvalue weighted by atomic mass is 35.5. The van der Waals surface area contributed by atoms with Crippen molar-refractivity contribution < 1.29 is 9.90 Å². The van der Waals surface area contributed by atoms with Gasteiger partial charge >= 0.3 is 0 Å². The smallest absolute Gasteiger partial charge is 0.256 e. The Morgan fingerprint density at radius 1 is 1.26 bits per heavy atom. The van der Waals surface area contributed by atoms with Crippen molar-refractivity contribution >= 4 is 35.0 Å². The summed E-state index contributed by atoms with van der Waals surface area (Å²) in [5.41, 5.74) is 0.864. The minimum atomic E-state index is -0.275. The van der Waals surface area contributed by atoms with Crippen LogP contribution in [-0.4, -0.2) is 17.3 Å². The summed E-state index contributed by atoms with van der Waals surface area (Å²) < 4.78 is 0. The molecule has 0 saturated heterocycles. The largest absolute Gasteiger partial charge is 0.506 e. The van der Waals surface area contributed by atoms with Gasteiger partial charge < -0.3 is 10.4 Å². The van der Waals surface area contributed by atoms with Crippen molar-refractivity contribution in [3.05, 3.63) is 53.1 Å². The molecule has 0 bridgehead atoms. The SMILES string of the molecule is CSc1ccccc1C(=O)Nc1cc(Cl)ccc1O. The first kappa shape index (κ1) is 13.8. The molecule has 3 nitrogen and oxygen atoms in total.